The minimum Gasteiger partial charge on any atom is -0.335 e. The number of benzene rings is 1. The van der Waals surface area contributed by atoms with Gasteiger partial charge in [-0.2, -0.15) is 16.8 Å². The number of hydrogen-bond donors (Lipinski definition) is 0. The molecule has 0 N–H and O–H groups in total. The largest absolute Gasteiger partial charge is 0.335 e. The standard InChI is InChI=1S/C16H20ClN3OS/c1-19-16(9-15(21-19)10-22-2,11-20-8-7-18-12-20)13-3-5-14(17)6-4-13/h3-8,12,15H,9-11H2,1-2H3. The van der Waals surface area contributed by atoms with Gasteiger partial charge in [-0.05, 0) is 24.0 Å². The molecule has 1 aliphatic rings. The number of nitrogens with zero attached hydrogens (tertiary/aromatic N) is 3. The van der Waals surface area contributed by atoms with Crippen molar-refractivity contribution in [2.45, 2.75) is 24.6 Å². The summed E-state index contributed by atoms with van der Waals surface area (Å²) in [6, 6.07) is 8.09. The van der Waals surface area contributed by atoms with Gasteiger partial charge in [0, 0.05) is 43.2 Å². The Kier molecular flexibility index (Phi) is 4.78. The van der Waals surface area contributed by atoms with E-state index in [1.807, 2.05) is 54.7 Å². The van der Waals surface area contributed by atoms with Crippen LogP contribution in [0.1, 0.15) is 12.0 Å². The van der Waals surface area contributed by atoms with Gasteiger partial charge < -0.3 is 4.57 Å². The smallest absolute Gasteiger partial charge is 0.0946 e. The zero-order valence-electron chi connectivity index (χ0n) is 12.8. The van der Waals surface area contributed by atoms with E-state index >= 15 is 0 Å². The maximum absolute atomic E-state index is 6.10. The van der Waals surface area contributed by atoms with E-state index in [-0.39, 0.29) is 11.6 Å². The summed E-state index contributed by atoms with van der Waals surface area (Å²) in [6.45, 7) is 0.802. The summed E-state index contributed by atoms with van der Waals surface area (Å²) in [5, 5.41) is 2.76. The van der Waals surface area contributed by atoms with E-state index in [0.29, 0.717) is 0 Å². The topological polar surface area (TPSA) is 30.3 Å². The van der Waals surface area contributed by atoms with Crippen LogP contribution in [-0.4, -0.2) is 39.8 Å². The Morgan fingerprint density at radius 3 is 2.82 bits per heavy atom. The number of likely N-dealkylation sites (N-methyl/N-ethyl adjacent to an activating group) is 1. The molecular weight excluding hydrogens is 318 g/mol. The first-order valence-electron chi connectivity index (χ1n) is 7.25. The average Bonchev–Trinajstić information content (AvgIpc) is 3.10. The van der Waals surface area contributed by atoms with Crippen LogP contribution in [0.2, 0.25) is 5.02 Å². The Labute approximate surface area is 140 Å². The Bertz CT molecular complexity index is 604. The zero-order chi connectivity index (χ0) is 15.6. The van der Waals surface area contributed by atoms with E-state index in [1.165, 1.54) is 5.56 Å². The number of thioether (sulfide) groups is 1. The number of hydroxylamine groups is 2. The minimum atomic E-state index is -0.203. The number of hydrogen-bond acceptors (Lipinski definition) is 4. The number of halogens is 1. The highest BCUT2D eigenvalue weighted by molar-refractivity contribution is 7.98. The second kappa shape index (κ2) is 6.62. The molecule has 1 aliphatic heterocycles. The van der Waals surface area contributed by atoms with Gasteiger partial charge in [0.05, 0.1) is 18.0 Å². The van der Waals surface area contributed by atoms with Crippen LogP contribution >= 0.6 is 23.4 Å². The van der Waals surface area contributed by atoms with Crippen LogP contribution in [0.3, 0.4) is 0 Å². The molecule has 2 atom stereocenters. The van der Waals surface area contributed by atoms with Crippen molar-refractivity contribution in [3.05, 3.63) is 53.6 Å². The molecule has 1 aromatic carbocycles. The van der Waals surface area contributed by atoms with Crippen LogP contribution < -0.4 is 0 Å². The summed E-state index contributed by atoms with van der Waals surface area (Å²) in [5.74, 6) is 0.990. The van der Waals surface area contributed by atoms with Gasteiger partial charge in [0.15, 0.2) is 0 Å². The first-order valence-corrected chi connectivity index (χ1v) is 9.02. The molecule has 1 fully saturated rings. The van der Waals surface area contributed by atoms with Crippen LogP contribution in [0.15, 0.2) is 43.0 Å². The molecule has 118 valence electrons. The monoisotopic (exact) mass is 337 g/mol. The number of aromatic nitrogens is 2. The molecule has 0 bridgehead atoms. The summed E-state index contributed by atoms with van der Waals surface area (Å²) < 4.78 is 2.11. The van der Waals surface area contributed by atoms with E-state index in [4.69, 9.17) is 16.4 Å². The molecule has 2 aromatic rings. The fourth-order valence-electron chi connectivity index (χ4n) is 3.14. The van der Waals surface area contributed by atoms with Crippen LogP contribution in [0, 0.1) is 0 Å². The van der Waals surface area contributed by atoms with Crippen molar-refractivity contribution in [1.82, 2.24) is 14.6 Å². The van der Waals surface area contributed by atoms with Gasteiger partial charge in [-0.1, -0.05) is 23.7 Å². The van der Waals surface area contributed by atoms with E-state index in [0.717, 1.165) is 23.7 Å². The summed E-state index contributed by atoms with van der Waals surface area (Å²) in [6.07, 6.45) is 8.94. The Balaban J connectivity index is 1.96. The second-order valence-corrected chi connectivity index (χ2v) is 7.00. The molecule has 1 saturated heterocycles. The molecule has 0 aliphatic carbocycles. The predicted octanol–water partition coefficient (Wildman–Crippen LogP) is 3.43. The van der Waals surface area contributed by atoms with Gasteiger partial charge in [0.2, 0.25) is 0 Å². The van der Waals surface area contributed by atoms with Crippen molar-refractivity contribution >= 4 is 23.4 Å². The lowest BCUT2D eigenvalue weighted by atomic mass is 9.85. The van der Waals surface area contributed by atoms with Gasteiger partial charge >= 0.3 is 0 Å². The maximum atomic E-state index is 6.10. The fourth-order valence-corrected chi connectivity index (χ4v) is 3.82. The quantitative estimate of drug-likeness (QED) is 0.836. The van der Waals surface area contributed by atoms with Crippen molar-refractivity contribution in [3.63, 3.8) is 0 Å². The van der Waals surface area contributed by atoms with Crippen molar-refractivity contribution in [2.24, 2.45) is 0 Å². The number of imidazole rings is 1. The first-order chi connectivity index (χ1) is 10.6. The third-order valence-corrected chi connectivity index (χ3v) is 5.17. The molecule has 6 heteroatoms. The SMILES string of the molecule is CSCC1CC(Cn2ccnc2)(c2ccc(Cl)cc2)N(C)O1. The van der Waals surface area contributed by atoms with Crippen LogP contribution in [0.5, 0.6) is 0 Å². The molecule has 0 radical (unpaired) electrons. The summed E-state index contributed by atoms with van der Waals surface area (Å²) in [5.41, 5.74) is 1.02. The molecule has 1 aromatic heterocycles. The lowest BCUT2D eigenvalue weighted by Crippen LogP contribution is -2.41. The van der Waals surface area contributed by atoms with Crippen molar-refractivity contribution in [1.29, 1.82) is 0 Å². The van der Waals surface area contributed by atoms with E-state index in [1.54, 1.807) is 0 Å². The molecule has 2 unspecified atom stereocenters. The maximum Gasteiger partial charge on any atom is 0.0946 e. The summed E-state index contributed by atoms with van der Waals surface area (Å²) in [4.78, 5) is 10.3. The number of rotatable bonds is 5. The van der Waals surface area contributed by atoms with Crippen molar-refractivity contribution < 1.29 is 4.84 Å². The molecule has 22 heavy (non-hydrogen) atoms. The van der Waals surface area contributed by atoms with Gasteiger partial charge in [0.1, 0.15) is 0 Å². The third-order valence-electron chi connectivity index (χ3n) is 4.21. The van der Waals surface area contributed by atoms with Gasteiger partial charge in [-0.15, -0.1) is 0 Å². The van der Waals surface area contributed by atoms with Gasteiger partial charge in [-0.25, -0.2) is 4.98 Å². The highest BCUT2D eigenvalue weighted by Crippen LogP contribution is 2.41. The van der Waals surface area contributed by atoms with Gasteiger partial charge in [-0.3, -0.25) is 4.84 Å². The highest BCUT2D eigenvalue weighted by Gasteiger charge is 2.46. The van der Waals surface area contributed by atoms with Gasteiger partial charge in [0.25, 0.3) is 0 Å². The van der Waals surface area contributed by atoms with Crippen LogP contribution in [0.4, 0.5) is 0 Å². The molecular formula is C16H20ClN3OS. The summed E-state index contributed by atoms with van der Waals surface area (Å²) in [7, 11) is 2.02. The summed E-state index contributed by atoms with van der Waals surface area (Å²) >= 11 is 7.87. The second-order valence-electron chi connectivity index (χ2n) is 5.66. The Morgan fingerprint density at radius 2 is 2.18 bits per heavy atom. The Hall–Kier alpha value is -1.01. The molecule has 2 heterocycles. The molecule has 0 amide bonds. The van der Waals surface area contributed by atoms with Crippen molar-refractivity contribution in [2.75, 3.05) is 19.1 Å². The predicted molar refractivity (Wildman–Crippen MR) is 91.0 cm³/mol. The molecule has 0 saturated carbocycles. The normalized spacial score (nSPS) is 25.7. The van der Waals surface area contributed by atoms with Crippen LogP contribution in [-0.2, 0) is 16.9 Å². The molecule has 3 rings (SSSR count). The van der Waals surface area contributed by atoms with E-state index < -0.39 is 0 Å². The van der Waals surface area contributed by atoms with Crippen molar-refractivity contribution in [3.8, 4) is 0 Å². The van der Waals surface area contributed by atoms with Crippen LogP contribution in [0.25, 0.3) is 0 Å². The lowest BCUT2D eigenvalue weighted by molar-refractivity contribution is -0.169. The Morgan fingerprint density at radius 1 is 1.41 bits per heavy atom. The average molecular weight is 338 g/mol. The first kappa shape index (κ1) is 15.9. The lowest BCUT2D eigenvalue weighted by Gasteiger charge is -2.35. The highest BCUT2D eigenvalue weighted by atomic mass is 35.5. The third kappa shape index (κ3) is 3.04. The minimum absolute atomic E-state index is 0.203. The molecule has 0 spiro atoms. The fraction of sp³-hybridized carbons (Fsp3) is 0.438. The van der Waals surface area contributed by atoms with E-state index in [2.05, 4.69) is 27.9 Å². The van der Waals surface area contributed by atoms with E-state index in [9.17, 15) is 0 Å². The zero-order valence-corrected chi connectivity index (χ0v) is 14.3. The molecule has 4 nitrogen and oxygen atoms in total.